The zero-order chi connectivity index (χ0) is 11.5. The number of phenolic OH excluding ortho intramolecular Hbond substituents is 1. The molecule has 0 atom stereocenters. The highest BCUT2D eigenvalue weighted by atomic mass is 35.5. The molecule has 3 nitrogen and oxygen atoms in total. The average Bonchev–Trinajstić information content (AvgIpc) is 2.31. The molecule has 1 aliphatic heterocycles. The van der Waals surface area contributed by atoms with E-state index >= 15 is 0 Å². The van der Waals surface area contributed by atoms with E-state index in [0.717, 1.165) is 43.9 Å². The van der Waals surface area contributed by atoms with Crippen molar-refractivity contribution in [1.29, 1.82) is 0 Å². The molecule has 1 fully saturated rings. The minimum Gasteiger partial charge on any atom is -0.508 e. The van der Waals surface area contributed by atoms with Gasteiger partial charge in [0.1, 0.15) is 5.75 Å². The molecule has 0 amide bonds. The first-order chi connectivity index (χ1) is 7.68. The second-order valence-corrected chi connectivity index (χ2v) is 4.60. The molecule has 0 unspecified atom stereocenters. The number of hydrogen-bond acceptors (Lipinski definition) is 3. The standard InChI is InChI=1S/C12H17ClN2O/c1-9-2-3-11(16)10(12(9)13)8-15-6-4-14-5-7-15/h2-3,14,16H,4-8H2,1H3. The van der Waals surface area contributed by atoms with Gasteiger partial charge in [0.25, 0.3) is 0 Å². The molecule has 1 heterocycles. The highest BCUT2D eigenvalue weighted by Crippen LogP contribution is 2.29. The molecule has 0 saturated carbocycles. The molecule has 16 heavy (non-hydrogen) atoms. The van der Waals surface area contributed by atoms with Crippen LogP contribution in [0.25, 0.3) is 0 Å². The van der Waals surface area contributed by atoms with Gasteiger partial charge in [-0.25, -0.2) is 0 Å². The number of aromatic hydroxyl groups is 1. The largest absolute Gasteiger partial charge is 0.508 e. The van der Waals surface area contributed by atoms with Gasteiger partial charge in [-0.05, 0) is 18.6 Å². The lowest BCUT2D eigenvalue weighted by molar-refractivity contribution is 0.230. The lowest BCUT2D eigenvalue weighted by Gasteiger charge is -2.27. The number of aryl methyl sites for hydroxylation is 1. The van der Waals surface area contributed by atoms with Gasteiger partial charge in [0.05, 0.1) is 5.02 Å². The van der Waals surface area contributed by atoms with Gasteiger partial charge < -0.3 is 10.4 Å². The predicted molar refractivity (Wildman–Crippen MR) is 66.0 cm³/mol. The van der Waals surface area contributed by atoms with Crippen LogP contribution in [0.1, 0.15) is 11.1 Å². The van der Waals surface area contributed by atoms with Gasteiger partial charge in [0.2, 0.25) is 0 Å². The van der Waals surface area contributed by atoms with Crippen LogP contribution in [0.5, 0.6) is 5.75 Å². The summed E-state index contributed by atoms with van der Waals surface area (Å²) in [7, 11) is 0. The molecule has 0 radical (unpaired) electrons. The van der Waals surface area contributed by atoms with Crippen molar-refractivity contribution < 1.29 is 5.11 Å². The van der Waals surface area contributed by atoms with Gasteiger partial charge in [-0.15, -0.1) is 0 Å². The van der Waals surface area contributed by atoms with Crippen LogP contribution in [-0.2, 0) is 6.54 Å². The van der Waals surface area contributed by atoms with Crippen molar-refractivity contribution in [2.75, 3.05) is 26.2 Å². The Labute approximate surface area is 101 Å². The first-order valence-corrected chi connectivity index (χ1v) is 5.96. The van der Waals surface area contributed by atoms with E-state index in [-0.39, 0.29) is 0 Å². The van der Waals surface area contributed by atoms with Crippen molar-refractivity contribution in [3.63, 3.8) is 0 Å². The maximum absolute atomic E-state index is 9.82. The van der Waals surface area contributed by atoms with Gasteiger partial charge in [0.15, 0.2) is 0 Å². The molecular formula is C12H17ClN2O. The zero-order valence-corrected chi connectivity index (χ0v) is 10.2. The molecule has 4 heteroatoms. The Balaban J connectivity index is 2.16. The Hall–Kier alpha value is -0.770. The molecule has 1 saturated heterocycles. The van der Waals surface area contributed by atoms with Crippen LogP contribution < -0.4 is 5.32 Å². The third-order valence-electron chi connectivity index (χ3n) is 3.00. The van der Waals surface area contributed by atoms with Crippen LogP contribution in [0.3, 0.4) is 0 Å². The number of piperazine rings is 1. The molecule has 88 valence electrons. The fraction of sp³-hybridized carbons (Fsp3) is 0.500. The van der Waals surface area contributed by atoms with E-state index in [2.05, 4.69) is 10.2 Å². The number of hydrogen-bond donors (Lipinski definition) is 2. The molecule has 1 aromatic rings. The lowest BCUT2D eigenvalue weighted by Crippen LogP contribution is -2.42. The number of nitrogens with zero attached hydrogens (tertiary/aromatic N) is 1. The first-order valence-electron chi connectivity index (χ1n) is 5.58. The van der Waals surface area contributed by atoms with E-state index in [9.17, 15) is 5.11 Å². The second-order valence-electron chi connectivity index (χ2n) is 4.22. The summed E-state index contributed by atoms with van der Waals surface area (Å²) >= 11 is 6.22. The normalized spacial score (nSPS) is 17.6. The minimum absolute atomic E-state index is 0.300. The maximum Gasteiger partial charge on any atom is 0.121 e. The van der Waals surface area contributed by atoms with Crippen LogP contribution in [0, 0.1) is 6.92 Å². The fourth-order valence-corrected chi connectivity index (χ4v) is 2.19. The summed E-state index contributed by atoms with van der Waals surface area (Å²) in [5, 5.41) is 13.8. The Morgan fingerprint density at radius 1 is 1.38 bits per heavy atom. The Morgan fingerprint density at radius 3 is 2.75 bits per heavy atom. The number of nitrogens with one attached hydrogen (secondary N) is 1. The molecule has 0 aliphatic carbocycles. The summed E-state index contributed by atoms with van der Waals surface area (Å²) in [5.41, 5.74) is 1.87. The molecule has 0 spiro atoms. The summed E-state index contributed by atoms with van der Waals surface area (Å²) < 4.78 is 0. The minimum atomic E-state index is 0.300. The molecule has 0 bridgehead atoms. The van der Waals surface area contributed by atoms with Gasteiger partial charge in [-0.1, -0.05) is 17.7 Å². The van der Waals surface area contributed by atoms with E-state index in [1.54, 1.807) is 6.07 Å². The number of benzene rings is 1. The third kappa shape index (κ3) is 2.48. The van der Waals surface area contributed by atoms with E-state index in [1.165, 1.54) is 0 Å². The van der Waals surface area contributed by atoms with Crippen LogP contribution in [-0.4, -0.2) is 36.2 Å². The molecule has 0 aromatic heterocycles. The quantitative estimate of drug-likeness (QED) is 0.827. The lowest BCUT2D eigenvalue weighted by atomic mass is 10.1. The smallest absolute Gasteiger partial charge is 0.121 e. The zero-order valence-electron chi connectivity index (χ0n) is 9.46. The van der Waals surface area contributed by atoms with E-state index in [0.29, 0.717) is 10.8 Å². The second kappa shape index (κ2) is 5.04. The summed E-state index contributed by atoms with van der Waals surface area (Å²) in [6.45, 7) is 6.71. The number of rotatable bonds is 2. The van der Waals surface area contributed by atoms with Gasteiger partial charge in [0, 0.05) is 38.3 Å². The van der Waals surface area contributed by atoms with Gasteiger partial charge in [-0.2, -0.15) is 0 Å². The van der Waals surface area contributed by atoms with Gasteiger partial charge >= 0.3 is 0 Å². The summed E-state index contributed by atoms with van der Waals surface area (Å²) in [4.78, 5) is 2.30. The first kappa shape index (κ1) is 11.7. The number of halogens is 1. The molecule has 1 aliphatic rings. The average molecular weight is 241 g/mol. The van der Waals surface area contributed by atoms with Crippen LogP contribution >= 0.6 is 11.6 Å². The molecule has 2 rings (SSSR count). The maximum atomic E-state index is 9.82. The summed E-state index contributed by atoms with van der Waals surface area (Å²) in [6.07, 6.45) is 0. The van der Waals surface area contributed by atoms with Crippen molar-refractivity contribution >= 4 is 11.6 Å². The summed E-state index contributed by atoms with van der Waals surface area (Å²) in [5.74, 6) is 0.300. The highest BCUT2D eigenvalue weighted by molar-refractivity contribution is 6.32. The fourth-order valence-electron chi connectivity index (χ4n) is 1.97. The van der Waals surface area contributed by atoms with Crippen LogP contribution in [0.2, 0.25) is 5.02 Å². The van der Waals surface area contributed by atoms with Crippen molar-refractivity contribution in [3.8, 4) is 5.75 Å². The Morgan fingerprint density at radius 2 is 2.06 bits per heavy atom. The Bertz CT molecular complexity index is 376. The van der Waals surface area contributed by atoms with Crippen LogP contribution in [0.4, 0.5) is 0 Å². The SMILES string of the molecule is Cc1ccc(O)c(CN2CCNCC2)c1Cl. The number of phenols is 1. The van der Waals surface area contributed by atoms with Crippen molar-refractivity contribution in [2.45, 2.75) is 13.5 Å². The topological polar surface area (TPSA) is 35.5 Å². The van der Waals surface area contributed by atoms with Crippen molar-refractivity contribution in [1.82, 2.24) is 10.2 Å². The van der Waals surface area contributed by atoms with Gasteiger partial charge in [-0.3, -0.25) is 4.90 Å². The predicted octanol–water partition coefficient (Wildman–Crippen LogP) is 1.76. The van der Waals surface area contributed by atoms with Crippen molar-refractivity contribution in [3.05, 3.63) is 28.3 Å². The van der Waals surface area contributed by atoms with E-state index < -0.39 is 0 Å². The summed E-state index contributed by atoms with van der Waals surface area (Å²) in [6, 6.07) is 3.57. The molecular weight excluding hydrogens is 224 g/mol. The van der Waals surface area contributed by atoms with E-state index in [1.807, 2.05) is 13.0 Å². The third-order valence-corrected chi connectivity index (χ3v) is 3.53. The van der Waals surface area contributed by atoms with Crippen LogP contribution in [0.15, 0.2) is 12.1 Å². The Kier molecular flexibility index (Phi) is 3.69. The molecule has 2 N–H and O–H groups in total. The monoisotopic (exact) mass is 240 g/mol. The van der Waals surface area contributed by atoms with E-state index in [4.69, 9.17) is 11.6 Å². The molecule has 1 aromatic carbocycles. The highest BCUT2D eigenvalue weighted by Gasteiger charge is 2.15. The van der Waals surface area contributed by atoms with Crippen molar-refractivity contribution in [2.24, 2.45) is 0 Å².